The molecule has 3 heteroatoms. The highest BCUT2D eigenvalue weighted by molar-refractivity contribution is 5.91. The lowest BCUT2D eigenvalue weighted by atomic mass is 9.95. The smallest absolute Gasteiger partial charge is 0.230 e. The van der Waals surface area contributed by atoms with E-state index in [-0.39, 0.29) is 11.3 Å². The predicted molar refractivity (Wildman–Crippen MR) is 73.5 cm³/mol. The van der Waals surface area contributed by atoms with Crippen LogP contribution in [0.4, 0.5) is 0 Å². The summed E-state index contributed by atoms with van der Waals surface area (Å²) >= 11 is 0. The first kappa shape index (κ1) is 13.1. The second-order valence-corrected chi connectivity index (χ2v) is 5.12. The quantitative estimate of drug-likeness (QED) is 0.804. The summed E-state index contributed by atoms with van der Waals surface area (Å²) in [5.74, 6) is 0.179. The molecule has 0 heterocycles. The molecule has 0 saturated heterocycles. The predicted octanol–water partition coefficient (Wildman–Crippen LogP) is 1.83. The molecule has 0 bridgehead atoms. The van der Waals surface area contributed by atoms with Crippen molar-refractivity contribution >= 4 is 5.91 Å². The van der Waals surface area contributed by atoms with E-state index in [1.807, 2.05) is 18.2 Å². The number of carbonyl (C=O) groups is 1. The zero-order valence-corrected chi connectivity index (χ0v) is 11.2. The highest BCUT2D eigenvalue weighted by atomic mass is 16.2. The second-order valence-electron chi connectivity index (χ2n) is 5.12. The first-order chi connectivity index (χ1) is 8.69. The van der Waals surface area contributed by atoms with Gasteiger partial charge in [-0.2, -0.15) is 0 Å². The van der Waals surface area contributed by atoms with Crippen molar-refractivity contribution in [3.8, 4) is 0 Å². The molecule has 0 radical (unpaired) electrons. The summed E-state index contributed by atoms with van der Waals surface area (Å²) in [4.78, 5) is 12.3. The Morgan fingerprint density at radius 3 is 2.56 bits per heavy atom. The Hall–Kier alpha value is -1.35. The van der Waals surface area contributed by atoms with Crippen molar-refractivity contribution in [2.45, 2.75) is 38.1 Å². The van der Waals surface area contributed by atoms with Gasteiger partial charge in [0.25, 0.3) is 0 Å². The number of carbonyl (C=O) groups excluding carboxylic acids is 1. The van der Waals surface area contributed by atoms with E-state index in [2.05, 4.69) is 36.6 Å². The van der Waals surface area contributed by atoms with E-state index in [0.717, 1.165) is 24.9 Å². The molecule has 1 aliphatic rings. The van der Waals surface area contributed by atoms with Crippen molar-refractivity contribution in [3.05, 3.63) is 35.9 Å². The summed E-state index contributed by atoms with van der Waals surface area (Å²) in [5, 5.41) is 6.36. The van der Waals surface area contributed by atoms with Crippen LogP contribution in [-0.4, -0.2) is 25.0 Å². The van der Waals surface area contributed by atoms with E-state index in [1.54, 1.807) is 0 Å². The average molecular weight is 246 g/mol. The van der Waals surface area contributed by atoms with Gasteiger partial charge in [0.15, 0.2) is 0 Å². The lowest BCUT2D eigenvalue weighted by Gasteiger charge is -2.18. The summed E-state index contributed by atoms with van der Waals surface area (Å²) in [5.41, 5.74) is 0.909. The summed E-state index contributed by atoms with van der Waals surface area (Å²) in [6.45, 7) is 5.79. The molecule has 0 spiro atoms. The van der Waals surface area contributed by atoms with Gasteiger partial charge >= 0.3 is 0 Å². The fourth-order valence-corrected chi connectivity index (χ4v) is 2.36. The molecule has 1 aromatic carbocycles. The zero-order valence-electron chi connectivity index (χ0n) is 11.2. The lowest BCUT2D eigenvalue weighted by molar-refractivity contribution is -0.123. The van der Waals surface area contributed by atoms with Crippen LogP contribution in [0.15, 0.2) is 30.3 Å². The van der Waals surface area contributed by atoms with E-state index in [4.69, 9.17) is 0 Å². The number of benzene rings is 1. The average Bonchev–Trinajstić information content (AvgIpc) is 3.19. The molecule has 1 atom stereocenters. The zero-order chi connectivity index (χ0) is 13.0. The summed E-state index contributed by atoms with van der Waals surface area (Å²) < 4.78 is 0. The van der Waals surface area contributed by atoms with Crippen LogP contribution in [0, 0.1) is 0 Å². The van der Waals surface area contributed by atoms with Crippen molar-refractivity contribution in [2.24, 2.45) is 0 Å². The molecule has 2 N–H and O–H groups in total. The minimum Gasteiger partial charge on any atom is -0.354 e. The van der Waals surface area contributed by atoms with Gasteiger partial charge in [-0.3, -0.25) is 4.79 Å². The number of hydrogen-bond donors (Lipinski definition) is 2. The number of amides is 1. The Bertz CT molecular complexity index is 398. The van der Waals surface area contributed by atoms with E-state index < -0.39 is 0 Å². The first-order valence-corrected chi connectivity index (χ1v) is 6.76. The molecule has 1 amide bonds. The highest BCUT2D eigenvalue weighted by Gasteiger charge is 2.50. The van der Waals surface area contributed by atoms with Crippen LogP contribution in [0.3, 0.4) is 0 Å². The van der Waals surface area contributed by atoms with Crippen LogP contribution in [0.1, 0.15) is 32.3 Å². The molecule has 2 rings (SSSR count). The van der Waals surface area contributed by atoms with Crippen LogP contribution in [-0.2, 0) is 10.2 Å². The van der Waals surface area contributed by atoms with E-state index >= 15 is 0 Å². The maximum Gasteiger partial charge on any atom is 0.230 e. The molecule has 0 aromatic heterocycles. The molecule has 3 nitrogen and oxygen atoms in total. The molecular weight excluding hydrogens is 224 g/mol. The van der Waals surface area contributed by atoms with E-state index in [0.29, 0.717) is 12.6 Å². The molecule has 98 valence electrons. The summed E-state index contributed by atoms with van der Waals surface area (Å²) in [6, 6.07) is 10.4. The Balaban J connectivity index is 1.93. The Labute approximate surface area is 109 Å². The minimum absolute atomic E-state index is 0.179. The standard InChI is InChI=1S/C15H22N2O/c1-3-16-12(2)11-17-14(18)15(9-10-15)13-7-5-4-6-8-13/h4-8,12,16H,3,9-11H2,1-2H3,(H,17,18)/t12-/m1/s1. The van der Waals surface area contributed by atoms with Crippen LogP contribution in [0.5, 0.6) is 0 Å². The molecule has 0 unspecified atom stereocenters. The Morgan fingerprint density at radius 1 is 1.33 bits per heavy atom. The topological polar surface area (TPSA) is 41.1 Å². The van der Waals surface area contributed by atoms with Gasteiger partial charge in [0.2, 0.25) is 5.91 Å². The third-order valence-electron chi connectivity index (χ3n) is 3.63. The van der Waals surface area contributed by atoms with E-state index in [9.17, 15) is 4.79 Å². The Kier molecular flexibility index (Phi) is 4.02. The molecule has 1 aliphatic carbocycles. The van der Waals surface area contributed by atoms with Crippen LogP contribution in [0.2, 0.25) is 0 Å². The van der Waals surface area contributed by atoms with Gasteiger partial charge in [-0.25, -0.2) is 0 Å². The van der Waals surface area contributed by atoms with Crippen LogP contribution >= 0.6 is 0 Å². The summed E-state index contributed by atoms with van der Waals surface area (Å²) in [6.07, 6.45) is 1.94. The fourth-order valence-electron chi connectivity index (χ4n) is 2.36. The van der Waals surface area contributed by atoms with E-state index in [1.165, 1.54) is 0 Å². The molecule has 1 saturated carbocycles. The largest absolute Gasteiger partial charge is 0.354 e. The summed E-state index contributed by atoms with van der Waals surface area (Å²) in [7, 11) is 0. The van der Waals surface area contributed by atoms with Gasteiger partial charge in [-0.15, -0.1) is 0 Å². The maximum atomic E-state index is 12.3. The van der Waals surface area contributed by atoms with Crippen molar-refractivity contribution in [1.82, 2.24) is 10.6 Å². The number of likely N-dealkylation sites (N-methyl/N-ethyl adjacent to an activating group) is 1. The maximum absolute atomic E-state index is 12.3. The van der Waals surface area contributed by atoms with Crippen molar-refractivity contribution < 1.29 is 4.79 Å². The van der Waals surface area contributed by atoms with Gasteiger partial charge in [-0.05, 0) is 31.9 Å². The second kappa shape index (κ2) is 5.53. The number of nitrogens with one attached hydrogen (secondary N) is 2. The first-order valence-electron chi connectivity index (χ1n) is 6.76. The monoisotopic (exact) mass is 246 g/mol. The molecule has 18 heavy (non-hydrogen) atoms. The van der Waals surface area contributed by atoms with Crippen LogP contribution < -0.4 is 10.6 Å². The SMILES string of the molecule is CCN[C@H](C)CNC(=O)C1(c2ccccc2)CC1. The van der Waals surface area contributed by atoms with Gasteiger partial charge in [0.05, 0.1) is 5.41 Å². The lowest BCUT2D eigenvalue weighted by Crippen LogP contribution is -2.42. The van der Waals surface area contributed by atoms with Crippen molar-refractivity contribution in [2.75, 3.05) is 13.1 Å². The highest BCUT2D eigenvalue weighted by Crippen LogP contribution is 2.48. The third-order valence-corrected chi connectivity index (χ3v) is 3.63. The van der Waals surface area contributed by atoms with Gasteiger partial charge in [0, 0.05) is 12.6 Å². The number of hydrogen-bond acceptors (Lipinski definition) is 2. The normalized spacial score (nSPS) is 18.1. The Morgan fingerprint density at radius 2 is 2.00 bits per heavy atom. The molecular formula is C15H22N2O. The fraction of sp³-hybridized carbons (Fsp3) is 0.533. The molecule has 1 fully saturated rings. The minimum atomic E-state index is -0.243. The van der Waals surface area contributed by atoms with Crippen molar-refractivity contribution in [1.29, 1.82) is 0 Å². The number of rotatable bonds is 6. The van der Waals surface area contributed by atoms with Crippen LogP contribution in [0.25, 0.3) is 0 Å². The van der Waals surface area contributed by atoms with Gasteiger partial charge < -0.3 is 10.6 Å². The molecule has 1 aromatic rings. The van der Waals surface area contributed by atoms with Gasteiger partial charge in [-0.1, -0.05) is 37.3 Å². The van der Waals surface area contributed by atoms with Crippen molar-refractivity contribution in [3.63, 3.8) is 0 Å². The van der Waals surface area contributed by atoms with Gasteiger partial charge in [0.1, 0.15) is 0 Å². The molecule has 0 aliphatic heterocycles. The third kappa shape index (κ3) is 2.72.